The molecule has 0 aliphatic carbocycles. The topological polar surface area (TPSA) is 31.4 Å². The Labute approximate surface area is 199 Å². The van der Waals surface area contributed by atoms with Gasteiger partial charge in [0.2, 0.25) is 0 Å². The molecule has 0 amide bonds. The van der Waals surface area contributed by atoms with E-state index in [9.17, 15) is 0 Å². The molecule has 0 radical (unpaired) electrons. The second-order valence-corrected chi connectivity index (χ2v) is 13.7. The van der Waals surface area contributed by atoms with Crippen LogP contribution < -0.4 is 19.3 Å². The predicted molar refractivity (Wildman–Crippen MR) is 125 cm³/mol. The monoisotopic (exact) mass is 628 g/mol. The molecule has 2 aliphatic heterocycles. The summed E-state index contributed by atoms with van der Waals surface area (Å²) in [5, 5.41) is 0. The molecule has 2 heterocycles. The third kappa shape index (κ3) is 6.18. The van der Waals surface area contributed by atoms with Crippen molar-refractivity contribution >= 4 is 38.2 Å². The molecule has 2 aromatic carbocycles. The summed E-state index contributed by atoms with van der Waals surface area (Å²) in [5.74, 6) is 1.75. The van der Waals surface area contributed by atoms with Crippen molar-refractivity contribution in [1.29, 1.82) is 0 Å². The molecule has 2 aliphatic rings. The minimum absolute atomic E-state index is 0.575. The Morgan fingerprint density at radius 3 is 1.40 bits per heavy atom. The summed E-state index contributed by atoms with van der Waals surface area (Å²) in [4.78, 5) is 9.01. The molecule has 0 atom stereocenters. The number of hydrogen-bond acceptors (Lipinski definition) is 6. The van der Waals surface area contributed by atoms with Crippen LogP contribution >= 0.6 is 26.9 Å². The molecule has 0 spiro atoms. The van der Waals surface area contributed by atoms with Crippen LogP contribution in [0.5, 0.6) is 11.5 Å². The van der Waals surface area contributed by atoms with Gasteiger partial charge in [-0.2, -0.15) is 0 Å². The summed E-state index contributed by atoms with van der Waals surface area (Å²) in [6.45, 7) is 2.50. The van der Waals surface area contributed by atoms with E-state index in [1.54, 1.807) is 14.2 Å². The summed E-state index contributed by atoms with van der Waals surface area (Å²) in [7, 11) is 3.37. The van der Waals surface area contributed by atoms with Crippen molar-refractivity contribution in [3.63, 3.8) is 0 Å². The van der Waals surface area contributed by atoms with Crippen LogP contribution in [-0.2, 0) is 13.9 Å². The van der Waals surface area contributed by atoms with Gasteiger partial charge in [-0.25, -0.2) is 0 Å². The average Bonchev–Trinajstić information content (AvgIpc) is 3.45. The minimum atomic E-state index is 0.575. The zero-order chi connectivity index (χ0) is 21.3. The number of methoxy groups -OCH3 is 2. The molecule has 0 unspecified atom stereocenters. The standard InChI is InChI=1S/C21H24N4O2.2BrH.Pd/c1-26-20-7-3-18(4-8-20)24-13-11-22(16-24)15-23-12-14-25(17-23)19-5-9-21(27-2)10-6-19;;;/h3-14H,15-17H2,1-2H3;2*1H;/q;;;+2/p-2. The van der Waals surface area contributed by atoms with Crippen molar-refractivity contribution in [2.75, 3.05) is 44.0 Å². The summed E-state index contributed by atoms with van der Waals surface area (Å²) in [6, 6.07) is 16.3. The van der Waals surface area contributed by atoms with Crippen LogP contribution in [0.25, 0.3) is 0 Å². The average molecular weight is 631 g/mol. The fraction of sp³-hybridized carbons (Fsp3) is 0.238. The van der Waals surface area contributed by atoms with Gasteiger partial charge in [-0.3, -0.25) is 0 Å². The fourth-order valence-corrected chi connectivity index (χ4v) is 3.23. The van der Waals surface area contributed by atoms with E-state index in [-0.39, 0.29) is 0 Å². The Bertz CT molecular complexity index is 780. The zero-order valence-corrected chi connectivity index (χ0v) is 21.5. The van der Waals surface area contributed by atoms with Gasteiger partial charge < -0.3 is 29.1 Å². The molecule has 0 saturated carbocycles. The van der Waals surface area contributed by atoms with Gasteiger partial charge in [-0.1, -0.05) is 0 Å². The van der Waals surface area contributed by atoms with Crippen molar-refractivity contribution in [1.82, 2.24) is 9.80 Å². The number of rotatable bonds is 6. The van der Waals surface area contributed by atoms with Crippen LogP contribution in [0.4, 0.5) is 11.4 Å². The van der Waals surface area contributed by atoms with Gasteiger partial charge in [0.1, 0.15) is 11.5 Å². The summed E-state index contributed by atoms with van der Waals surface area (Å²) >= 11 is 6.80. The van der Waals surface area contributed by atoms with Crippen molar-refractivity contribution in [2.45, 2.75) is 0 Å². The van der Waals surface area contributed by atoms with Gasteiger partial charge in [-0.15, -0.1) is 0 Å². The van der Waals surface area contributed by atoms with Crippen LogP contribution in [0.15, 0.2) is 73.3 Å². The Kier molecular flexibility index (Phi) is 8.94. The summed E-state index contributed by atoms with van der Waals surface area (Å²) in [5.41, 5.74) is 2.32. The SMILES string of the molecule is COc1ccc(N2C=CN(CN3C=CN(c4ccc(OC)cc4)C3)C2)cc1.[Br][Pd][Br]. The molecule has 30 heavy (non-hydrogen) atoms. The van der Waals surface area contributed by atoms with Crippen molar-refractivity contribution in [2.24, 2.45) is 0 Å². The van der Waals surface area contributed by atoms with Crippen LogP contribution in [0, 0.1) is 0 Å². The summed E-state index contributed by atoms with van der Waals surface area (Å²) in [6.07, 6.45) is 8.49. The maximum absolute atomic E-state index is 5.23. The Balaban J connectivity index is 0.000000806. The van der Waals surface area contributed by atoms with Crippen LogP contribution in [0.3, 0.4) is 0 Å². The van der Waals surface area contributed by atoms with Crippen LogP contribution in [0.1, 0.15) is 0 Å². The zero-order valence-electron chi connectivity index (χ0n) is 16.7. The number of benzene rings is 2. The van der Waals surface area contributed by atoms with E-state index >= 15 is 0 Å². The quantitative estimate of drug-likeness (QED) is 0.411. The maximum atomic E-state index is 5.23. The number of ether oxygens (including phenoxy) is 2. The van der Waals surface area contributed by atoms with E-state index < -0.39 is 0 Å². The molecule has 4 rings (SSSR count). The first-order valence-corrected chi connectivity index (χ1v) is 16.3. The molecule has 0 fully saturated rings. The Morgan fingerprint density at radius 2 is 1.07 bits per heavy atom. The molecule has 9 heteroatoms. The molecule has 2 aromatic rings. The van der Waals surface area contributed by atoms with E-state index in [1.807, 2.05) is 24.3 Å². The first-order valence-electron chi connectivity index (χ1n) is 9.15. The molecular weight excluding hydrogens is 606 g/mol. The van der Waals surface area contributed by atoms with Gasteiger partial charge in [-0.05, 0) is 48.5 Å². The predicted octanol–water partition coefficient (Wildman–Crippen LogP) is 5.15. The third-order valence-electron chi connectivity index (χ3n) is 4.75. The van der Waals surface area contributed by atoms with Crippen molar-refractivity contribution < 1.29 is 23.4 Å². The van der Waals surface area contributed by atoms with Gasteiger partial charge in [0, 0.05) is 36.2 Å². The van der Waals surface area contributed by atoms with Crippen LogP contribution in [-0.4, -0.2) is 44.0 Å². The van der Waals surface area contributed by atoms with E-state index in [1.165, 1.54) is 0 Å². The van der Waals surface area contributed by atoms with E-state index in [4.69, 9.17) is 9.47 Å². The normalized spacial score (nSPS) is 14.9. The molecular formula is C21H24Br2N4O2Pd. The molecule has 0 N–H and O–H groups in total. The molecule has 6 nitrogen and oxygen atoms in total. The van der Waals surface area contributed by atoms with Gasteiger partial charge in [0.25, 0.3) is 0 Å². The molecule has 0 bridgehead atoms. The van der Waals surface area contributed by atoms with Gasteiger partial charge in [0.05, 0.1) is 34.2 Å². The van der Waals surface area contributed by atoms with E-state index in [0.29, 0.717) is 13.9 Å². The number of nitrogens with zero attached hydrogens (tertiary/aromatic N) is 4. The van der Waals surface area contributed by atoms with E-state index in [0.717, 1.165) is 42.9 Å². The third-order valence-corrected chi connectivity index (χ3v) is 4.75. The number of halogens is 2. The van der Waals surface area contributed by atoms with Crippen molar-refractivity contribution in [3.8, 4) is 11.5 Å². The first-order chi connectivity index (χ1) is 14.7. The fourth-order valence-electron chi connectivity index (χ4n) is 3.23. The number of hydrogen-bond donors (Lipinski definition) is 0. The Morgan fingerprint density at radius 1 is 0.700 bits per heavy atom. The Hall–Kier alpha value is -1.66. The van der Waals surface area contributed by atoms with Gasteiger partial charge >= 0.3 is 40.8 Å². The second-order valence-electron chi connectivity index (χ2n) is 6.58. The number of anilines is 2. The van der Waals surface area contributed by atoms with Crippen LogP contribution in [0.2, 0.25) is 0 Å². The van der Waals surface area contributed by atoms with E-state index in [2.05, 4.69) is 95.5 Å². The first kappa shape index (κ1) is 23.0. The summed E-state index contributed by atoms with van der Waals surface area (Å²) < 4.78 is 10.5. The van der Waals surface area contributed by atoms with Gasteiger partial charge in [0.15, 0.2) is 0 Å². The molecule has 164 valence electrons. The molecule has 0 aromatic heterocycles. The molecule has 0 saturated heterocycles. The van der Waals surface area contributed by atoms with Crippen molar-refractivity contribution in [3.05, 3.63) is 73.3 Å². The second kappa shape index (κ2) is 11.7.